The molecule has 0 bridgehead atoms. The minimum absolute atomic E-state index is 0.130. The van der Waals surface area contributed by atoms with Crippen LogP contribution >= 0.6 is 11.3 Å². The lowest BCUT2D eigenvalue weighted by atomic mass is 10.2. The Morgan fingerprint density at radius 1 is 1.64 bits per heavy atom. The van der Waals surface area contributed by atoms with Crippen LogP contribution < -0.4 is 0 Å². The summed E-state index contributed by atoms with van der Waals surface area (Å²) < 4.78 is 0. The predicted octanol–water partition coefficient (Wildman–Crippen LogP) is 1.94. The van der Waals surface area contributed by atoms with Gasteiger partial charge in [-0.3, -0.25) is 5.21 Å². The van der Waals surface area contributed by atoms with Gasteiger partial charge in [-0.15, -0.1) is 11.3 Å². The van der Waals surface area contributed by atoms with Gasteiger partial charge < -0.3 is 4.84 Å². The number of rotatable bonds is 1. The SMILES string of the molecule is ON1OC=CC1c1cccs1. The van der Waals surface area contributed by atoms with E-state index >= 15 is 0 Å². The van der Waals surface area contributed by atoms with Crippen LogP contribution in [0, 0.1) is 0 Å². The zero-order chi connectivity index (χ0) is 7.68. The molecule has 1 aliphatic heterocycles. The lowest BCUT2D eigenvalue weighted by Gasteiger charge is -2.12. The number of nitrogens with zero attached hydrogens (tertiary/aromatic N) is 1. The third-order valence-electron chi connectivity index (χ3n) is 1.50. The molecule has 4 heteroatoms. The molecule has 1 N–H and O–H groups in total. The third kappa shape index (κ3) is 1.16. The van der Waals surface area contributed by atoms with Crippen LogP contribution in [0.4, 0.5) is 0 Å². The van der Waals surface area contributed by atoms with Gasteiger partial charge in [0.15, 0.2) is 0 Å². The fourth-order valence-electron chi connectivity index (χ4n) is 0.974. The van der Waals surface area contributed by atoms with Crippen molar-refractivity contribution in [2.75, 3.05) is 0 Å². The van der Waals surface area contributed by atoms with Crippen molar-refractivity contribution < 1.29 is 10.0 Å². The Kier molecular flexibility index (Phi) is 1.65. The Bertz CT molecular complexity index is 257. The topological polar surface area (TPSA) is 32.7 Å². The van der Waals surface area contributed by atoms with Crippen LogP contribution in [0.5, 0.6) is 0 Å². The molecule has 1 aromatic heterocycles. The van der Waals surface area contributed by atoms with Crippen molar-refractivity contribution in [2.24, 2.45) is 0 Å². The normalized spacial score (nSPS) is 23.9. The fraction of sp³-hybridized carbons (Fsp3) is 0.143. The zero-order valence-corrected chi connectivity index (χ0v) is 6.49. The predicted molar refractivity (Wildman–Crippen MR) is 40.9 cm³/mol. The molecule has 1 atom stereocenters. The lowest BCUT2D eigenvalue weighted by molar-refractivity contribution is -0.314. The molecule has 0 aromatic carbocycles. The minimum atomic E-state index is -0.130. The fourth-order valence-corrected chi connectivity index (χ4v) is 1.75. The highest BCUT2D eigenvalue weighted by Crippen LogP contribution is 2.28. The summed E-state index contributed by atoms with van der Waals surface area (Å²) in [5.74, 6) is 0. The van der Waals surface area contributed by atoms with Gasteiger partial charge in [-0.05, 0) is 22.7 Å². The van der Waals surface area contributed by atoms with Crippen molar-refractivity contribution in [1.82, 2.24) is 5.23 Å². The van der Waals surface area contributed by atoms with E-state index in [4.69, 9.17) is 10.0 Å². The van der Waals surface area contributed by atoms with Gasteiger partial charge in [-0.2, -0.15) is 0 Å². The summed E-state index contributed by atoms with van der Waals surface area (Å²) in [6.45, 7) is 0. The summed E-state index contributed by atoms with van der Waals surface area (Å²) in [7, 11) is 0. The number of thiophene rings is 1. The van der Waals surface area contributed by atoms with Crippen LogP contribution in [-0.4, -0.2) is 10.4 Å². The highest BCUT2D eigenvalue weighted by molar-refractivity contribution is 7.10. The maximum atomic E-state index is 9.12. The maximum Gasteiger partial charge on any atom is 0.129 e. The number of hydrogen-bond acceptors (Lipinski definition) is 4. The van der Waals surface area contributed by atoms with E-state index in [9.17, 15) is 0 Å². The van der Waals surface area contributed by atoms with Gasteiger partial charge in [0.05, 0.1) is 0 Å². The molecule has 1 aliphatic rings. The van der Waals surface area contributed by atoms with Gasteiger partial charge in [-0.1, -0.05) is 6.07 Å². The lowest BCUT2D eigenvalue weighted by Crippen LogP contribution is -2.16. The Hall–Kier alpha value is -0.840. The third-order valence-corrected chi connectivity index (χ3v) is 2.45. The second-order valence-electron chi connectivity index (χ2n) is 2.20. The Morgan fingerprint density at radius 3 is 3.09 bits per heavy atom. The van der Waals surface area contributed by atoms with Gasteiger partial charge >= 0.3 is 0 Å². The molecule has 1 unspecified atom stereocenters. The molecule has 0 aliphatic carbocycles. The van der Waals surface area contributed by atoms with E-state index in [1.165, 1.54) is 6.26 Å². The standard InChI is InChI=1S/C7H7NO2S/c9-8-6(3-4-10-8)7-2-1-5-11-7/h1-6,9H. The molecule has 0 saturated heterocycles. The molecule has 0 saturated carbocycles. The summed E-state index contributed by atoms with van der Waals surface area (Å²) in [5, 5.41) is 11.9. The van der Waals surface area contributed by atoms with Gasteiger partial charge in [0.2, 0.25) is 0 Å². The monoisotopic (exact) mass is 169 g/mol. The van der Waals surface area contributed by atoms with Crippen molar-refractivity contribution >= 4 is 11.3 Å². The second kappa shape index (κ2) is 2.65. The second-order valence-corrected chi connectivity index (χ2v) is 3.18. The van der Waals surface area contributed by atoms with E-state index in [2.05, 4.69) is 0 Å². The van der Waals surface area contributed by atoms with Crippen molar-refractivity contribution in [2.45, 2.75) is 6.04 Å². The highest BCUT2D eigenvalue weighted by atomic mass is 32.1. The first-order valence-corrected chi connectivity index (χ1v) is 4.11. The Balaban J connectivity index is 2.23. The molecule has 2 heterocycles. The Morgan fingerprint density at radius 2 is 2.55 bits per heavy atom. The Labute approximate surface area is 68.0 Å². The van der Waals surface area contributed by atoms with E-state index in [0.29, 0.717) is 0 Å². The summed E-state index contributed by atoms with van der Waals surface area (Å²) in [6.07, 6.45) is 3.27. The molecule has 3 nitrogen and oxygen atoms in total. The largest absolute Gasteiger partial charge is 0.388 e. The van der Waals surface area contributed by atoms with E-state index < -0.39 is 0 Å². The molecular formula is C7H7NO2S. The first kappa shape index (κ1) is 6.84. The first-order valence-electron chi connectivity index (χ1n) is 3.23. The minimum Gasteiger partial charge on any atom is -0.388 e. The molecule has 1 aromatic rings. The molecule has 0 amide bonds. The van der Waals surface area contributed by atoms with Crippen molar-refractivity contribution in [3.05, 3.63) is 34.7 Å². The number of hydrogen-bond donors (Lipinski definition) is 1. The molecule has 11 heavy (non-hydrogen) atoms. The molecule has 2 rings (SSSR count). The van der Waals surface area contributed by atoms with Crippen molar-refractivity contribution in [1.29, 1.82) is 0 Å². The molecule has 0 radical (unpaired) electrons. The van der Waals surface area contributed by atoms with E-state index in [1.807, 2.05) is 17.5 Å². The summed E-state index contributed by atoms with van der Waals surface area (Å²) in [4.78, 5) is 5.77. The van der Waals surface area contributed by atoms with Gasteiger partial charge in [0.25, 0.3) is 0 Å². The summed E-state index contributed by atoms with van der Waals surface area (Å²) >= 11 is 1.59. The number of hydroxylamine groups is 2. The van der Waals surface area contributed by atoms with Crippen LogP contribution in [-0.2, 0) is 4.84 Å². The average molecular weight is 169 g/mol. The van der Waals surface area contributed by atoms with Crippen LogP contribution in [0.25, 0.3) is 0 Å². The van der Waals surface area contributed by atoms with E-state index in [-0.39, 0.29) is 6.04 Å². The summed E-state index contributed by atoms with van der Waals surface area (Å²) in [6, 6.07) is 3.77. The zero-order valence-electron chi connectivity index (χ0n) is 5.68. The van der Waals surface area contributed by atoms with Crippen LogP contribution in [0.2, 0.25) is 0 Å². The quantitative estimate of drug-likeness (QED) is 0.697. The molecular weight excluding hydrogens is 162 g/mol. The molecule has 0 spiro atoms. The highest BCUT2D eigenvalue weighted by Gasteiger charge is 2.22. The van der Waals surface area contributed by atoms with Gasteiger partial charge in [-0.25, -0.2) is 0 Å². The van der Waals surface area contributed by atoms with Crippen molar-refractivity contribution in [3.8, 4) is 0 Å². The smallest absolute Gasteiger partial charge is 0.129 e. The van der Waals surface area contributed by atoms with Crippen LogP contribution in [0.15, 0.2) is 29.9 Å². The van der Waals surface area contributed by atoms with E-state index in [1.54, 1.807) is 17.4 Å². The molecule has 0 fully saturated rings. The first-order chi connectivity index (χ1) is 5.38. The van der Waals surface area contributed by atoms with Crippen LogP contribution in [0.1, 0.15) is 10.9 Å². The van der Waals surface area contributed by atoms with Gasteiger partial charge in [0, 0.05) is 4.88 Å². The van der Waals surface area contributed by atoms with Crippen LogP contribution in [0.3, 0.4) is 0 Å². The van der Waals surface area contributed by atoms with Gasteiger partial charge in [0.1, 0.15) is 12.3 Å². The molecule has 58 valence electrons. The van der Waals surface area contributed by atoms with E-state index in [0.717, 1.165) is 10.1 Å². The average Bonchev–Trinajstić information content (AvgIpc) is 2.55. The maximum absolute atomic E-state index is 9.12. The van der Waals surface area contributed by atoms with Crippen molar-refractivity contribution in [3.63, 3.8) is 0 Å². The summed E-state index contributed by atoms with van der Waals surface area (Å²) in [5.41, 5.74) is 0.